The van der Waals surface area contributed by atoms with Crippen molar-refractivity contribution in [3.8, 4) is 5.75 Å². The number of rotatable bonds is 6. The van der Waals surface area contributed by atoms with Gasteiger partial charge in [0.15, 0.2) is 0 Å². The van der Waals surface area contributed by atoms with Gasteiger partial charge >= 0.3 is 0 Å². The lowest BCUT2D eigenvalue weighted by Crippen LogP contribution is -2.48. The van der Waals surface area contributed by atoms with E-state index in [1.807, 2.05) is 41.5 Å². The number of benzene rings is 1. The van der Waals surface area contributed by atoms with E-state index in [1.54, 1.807) is 11.3 Å². The van der Waals surface area contributed by atoms with Gasteiger partial charge in [0.2, 0.25) is 0 Å². The van der Waals surface area contributed by atoms with Crippen LogP contribution in [0.25, 0.3) is 0 Å². The Kier molecular flexibility index (Phi) is 7.25. The molecule has 31 heavy (non-hydrogen) atoms. The van der Waals surface area contributed by atoms with Crippen LogP contribution in [0.2, 0.25) is 0 Å². The zero-order valence-corrected chi connectivity index (χ0v) is 19.6. The molecule has 1 aromatic heterocycles. The number of likely N-dealkylation sites (tertiary alicyclic amines) is 1. The standard InChI is InChI=1S/C24H33N3O3S/c1-17-12-26(13-18(2)30-17)14-20-8-10-27(11-9-20)24(28)21-4-6-23(7-5-21)29-15-22-16-31-19(3)25-22/h4-7,16-18,20H,8-15H2,1-3H3. The molecular formula is C24H33N3O3S. The first kappa shape index (κ1) is 22.2. The molecule has 0 spiro atoms. The van der Waals surface area contributed by atoms with Gasteiger partial charge in [-0.05, 0) is 63.8 Å². The quantitative estimate of drug-likeness (QED) is 0.676. The summed E-state index contributed by atoms with van der Waals surface area (Å²) in [6.07, 6.45) is 2.76. The van der Waals surface area contributed by atoms with Crippen molar-refractivity contribution in [3.63, 3.8) is 0 Å². The monoisotopic (exact) mass is 443 g/mol. The van der Waals surface area contributed by atoms with E-state index in [1.165, 1.54) is 0 Å². The van der Waals surface area contributed by atoms with E-state index in [0.717, 1.165) is 67.6 Å². The normalized spacial score (nSPS) is 23.1. The van der Waals surface area contributed by atoms with Gasteiger partial charge in [0.1, 0.15) is 12.4 Å². The maximum atomic E-state index is 12.9. The van der Waals surface area contributed by atoms with Gasteiger partial charge in [-0.2, -0.15) is 0 Å². The lowest BCUT2D eigenvalue weighted by atomic mass is 9.95. The number of hydrogen-bond acceptors (Lipinski definition) is 6. The number of amides is 1. The first-order valence-corrected chi connectivity index (χ1v) is 12.1. The summed E-state index contributed by atoms with van der Waals surface area (Å²) in [5.41, 5.74) is 1.66. The Hall–Kier alpha value is -1.96. The molecular weight excluding hydrogens is 410 g/mol. The summed E-state index contributed by atoms with van der Waals surface area (Å²) < 4.78 is 11.6. The van der Waals surface area contributed by atoms with Gasteiger partial charge in [0.05, 0.1) is 22.9 Å². The van der Waals surface area contributed by atoms with E-state index in [0.29, 0.717) is 24.7 Å². The fourth-order valence-corrected chi connectivity index (χ4v) is 5.22. The van der Waals surface area contributed by atoms with Crippen LogP contribution < -0.4 is 4.74 Å². The molecule has 2 fully saturated rings. The maximum absolute atomic E-state index is 12.9. The van der Waals surface area contributed by atoms with Gasteiger partial charge in [-0.3, -0.25) is 9.69 Å². The largest absolute Gasteiger partial charge is 0.487 e. The lowest BCUT2D eigenvalue weighted by Gasteiger charge is -2.39. The first-order valence-electron chi connectivity index (χ1n) is 11.3. The Balaban J connectivity index is 1.23. The van der Waals surface area contributed by atoms with Crippen molar-refractivity contribution in [1.82, 2.24) is 14.8 Å². The molecule has 0 radical (unpaired) electrons. The summed E-state index contributed by atoms with van der Waals surface area (Å²) in [4.78, 5) is 21.9. The zero-order valence-electron chi connectivity index (χ0n) is 18.8. The Morgan fingerprint density at radius 2 is 1.84 bits per heavy atom. The highest BCUT2D eigenvalue weighted by atomic mass is 32.1. The van der Waals surface area contributed by atoms with Crippen molar-refractivity contribution < 1.29 is 14.3 Å². The highest BCUT2D eigenvalue weighted by Gasteiger charge is 2.28. The highest BCUT2D eigenvalue weighted by Crippen LogP contribution is 2.23. The summed E-state index contributed by atoms with van der Waals surface area (Å²) in [5, 5.41) is 3.05. The van der Waals surface area contributed by atoms with Gasteiger partial charge in [-0.25, -0.2) is 4.98 Å². The minimum absolute atomic E-state index is 0.119. The third kappa shape index (κ3) is 6.05. The van der Waals surface area contributed by atoms with E-state index in [4.69, 9.17) is 9.47 Å². The summed E-state index contributed by atoms with van der Waals surface area (Å²) in [7, 11) is 0. The van der Waals surface area contributed by atoms with Gasteiger partial charge < -0.3 is 14.4 Å². The molecule has 6 nitrogen and oxygen atoms in total. The smallest absolute Gasteiger partial charge is 0.253 e. The third-order valence-corrected chi connectivity index (χ3v) is 6.89. The third-order valence-electron chi connectivity index (χ3n) is 6.07. The molecule has 3 heterocycles. The van der Waals surface area contributed by atoms with E-state index in [2.05, 4.69) is 23.7 Å². The SMILES string of the molecule is Cc1nc(COc2ccc(C(=O)N3CCC(CN4CC(C)OC(C)C4)CC3)cc2)cs1. The van der Waals surface area contributed by atoms with Crippen LogP contribution in [0.1, 0.15) is 47.7 Å². The zero-order chi connectivity index (χ0) is 21.8. The van der Waals surface area contributed by atoms with Crippen molar-refractivity contribution in [2.45, 2.75) is 52.4 Å². The van der Waals surface area contributed by atoms with E-state index >= 15 is 0 Å². The average molecular weight is 444 g/mol. The van der Waals surface area contributed by atoms with Crippen LogP contribution in [0.4, 0.5) is 0 Å². The Labute approximate surface area is 189 Å². The second-order valence-corrected chi connectivity index (χ2v) is 9.94. The van der Waals surface area contributed by atoms with Gasteiger partial charge in [-0.15, -0.1) is 11.3 Å². The van der Waals surface area contributed by atoms with Gasteiger partial charge in [-0.1, -0.05) is 0 Å². The number of carbonyl (C=O) groups is 1. The van der Waals surface area contributed by atoms with Gasteiger partial charge in [0.25, 0.3) is 5.91 Å². The van der Waals surface area contributed by atoms with Crippen molar-refractivity contribution >= 4 is 17.2 Å². The van der Waals surface area contributed by atoms with Crippen molar-refractivity contribution in [3.05, 3.63) is 45.9 Å². The number of thiazole rings is 1. The molecule has 2 aliphatic heterocycles. The minimum Gasteiger partial charge on any atom is -0.487 e. The van der Waals surface area contributed by atoms with E-state index < -0.39 is 0 Å². The van der Waals surface area contributed by atoms with E-state index in [-0.39, 0.29) is 5.91 Å². The molecule has 2 unspecified atom stereocenters. The van der Waals surface area contributed by atoms with Crippen LogP contribution in [-0.4, -0.2) is 65.6 Å². The summed E-state index contributed by atoms with van der Waals surface area (Å²) in [6.45, 7) is 11.6. The summed E-state index contributed by atoms with van der Waals surface area (Å²) in [5.74, 6) is 1.54. The van der Waals surface area contributed by atoms with Crippen LogP contribution in [0.3, 0.4) is 0 Å². The molecule has 2 atom stereocenters. The molecule has 2 saturated heterocycles. The molecule has 0 N–H and O–H groups in total. The number of ether oxygens (including phenoxy) is 2. The Bertz CT molecular complexity index is 851. The predicted octanol–water partition coefficient (Wildman–Crippen LogP) is 3.99. The molecule has 1 aromatic carbocycles. The molecule has 0 aliphatic carbocycles. The second kappa shape index (κ2) is 10.1. The van der Waals surface area contributed by atoms with Gasteiger partial charge in [0, 0.05) is 43.7 Å². The fourth-order valence-electron chi connectivity index (χ4n) is 4.63. The second-order valence-electron chi connectivity index (χ2n) is 8.88. The number of aryl methyl sites for hydroxylation is 1. The van der Waals surface area contributed by atoms with Crippen molar-refractivity contribution in [1.29, 1.82) is 0 Å². The topological polar surface area (TPSA) is 54.9 Å². The molecule has 7 heteroatoms. The molecule has 0 saturated carbocycles. The number of nitrogens with zero attached hydrogens (tertiary/aromatic N) is 3. The van der Waals surface area contributed by atoms with Crippen LogP contribution in [0.15, 0.2) is 29.6 Å². The predicted molar refractivity (Wildman–Crippen MR) is 123 cm³/mol. The molecule has 168 valence electrons. The summed E-state index contributed by atoms with van der Waals surface area (Å²) in [6, 6.07) is 7.49. The molecule has 4 rings (SSSR count). The Morgan fingerprint density at radius 1 is 1.16 bits per heavy atom. The van der Waals surface area contributed by atoms with E-state index in [9.17, 15) is 4.79 Å². The first-order chi connectivity index (χ1) is 15.0. The molecule has 0 bridgehead atoms. The number of carbonyl (C=O) groups excluding carboxylic acids is 1. The van der Waals surface area contributed by atoms with Crippen LogP contribution in [-0.2, 0) is 11.3 Å². The lowest BCUT2D eigenvalue weighted by molar-refractivity contribution is -0.0728. The van der Waals surface area contributed by atoms with Crippen molar-refractivity contribution in [2.24, 2.45) is 5.92 Å². The minimum atomic E-state index is 0.119. The molecule has 2 aliphatic rings. The Morgan fingerprint density at radius 3 is 2.45 bits per heavy atom. The molecule has 1 amide bonds. The number of morpholine rings is 1. The van der Waals surface area contributed by atoms with Crippen LogP contribution >= 0.6 is 11.3 Å². The maximum Gasteiger partial charge on any atom is 0.253 e. The fraction of sp³-hybridized carbons (Fsp3) is 0.583. The highest BCUT2D eigenvalue weighted by molar-refractivity contribution is 7.09. The average Bonchev–Trinajstić information content (AvgIpc) is 3.17. The van der Waals surface area contributed by atoms with Crippen LogP contribution in [0, 0.1) is 12.8 Å². The molecule has 2 aromatic rings. The number of piperidine rings is 1. The number of hydrogen-bond donors (Lipinski definition) is 0. The summed E-state index contributed by atoms with van der Waals surface area (Å²) >= 11 is 1.62. The van der Waals surface area contributed by atoms with Crippen molar-refractivity contribution in [2.75, 3.05) is 32.7 Å². The number of aromatic nitrogens is 1. The van der Waals surface area contributed by atoms with Crippen LogP contribution in [0.5, 0.6) is 5.75 Å².